The van der Waals surface area contributed by atoms with Gasteiger partial charge in [0.05, 0.1) is 18.3 Å². The predicted octanol–water partition coefficient (Wildman–Crippen LogP) is 4.37. The lowest BCUT2D eigenvalue weighted by Gasteiger charge is -2.40. The van der Waals surface area contributed by atoms with E-state index in [1.165, 1.54) is 7.11 Å². The van der Waals surface area contributed by atoms with Crippen LogP contribution in [0.5, 0.6) is 0 Å². The van der Waals surface area contributed by atoms with Gasteiger partial charge < -0.3 is 4.74 Å². The highest BCUT2D eigenvalue weighted by Gasteiger charge is 2.50. The van der Waals surface area contributed by atoms with Gasteiger partial charge in [-0.25, -0.2) is 4.21 Å². The second kappa shape index (κ2) is 8.62. The van der Waals surface area contributed by atoms with Crippen LogP contribution in [-0.2, 0) is 18.5 Å². The van der Waals surface area contributed by atoms with Crippen LogP contribution >= 0.6 is 10.7 Å². The molecule has 0 heterocycles. The molecule has 7 heteroatoms. The molecule has 4 nitrogen and oxygen atoms in total. The van der Waals surface area contributed by atoms with Crippen molar-refractivity contribution in [1.29, 1.82) is 0 Å². The van der Waals surface area contributed by atoms with Crippen molar-refractivity contribution in [3.8, 4) is 0 Å². The van der Waals surface area contributed by atoms with Crippen LogP contribution < -0.4 is 10.4 Å². The van der Waals surface area contributed by atoms with Crippen LogP contribution in [0, 0.1) is 5.41 Å². The Kier molecular flexibility index (Phi) is 7.03. The molecular formula is C22H30ClNO3SSi. The van der Waals surface area contributed by atoms with Gasteiger partial charge in [0.25, 0.3) is 8.24 Å². The van der Waals surface area contributed by atoms with E-state index in [4.69, 9.17) is 19.4 Å². The number of carbonyl (C=O) groups is 1. The van der Waals surface area contributed by atoms with E-state index < -0.39 is 28.6 Å². The van der Waals surface area contributed by atoms with Crippen molar-refractivity contribution >= 4 is 44.2 Å². The minimum atomic E-state index is -3.22. The molecule has 1 unspecified atom stereocenters. The number of halogens is 1. The maximum absolute atomic E-state index is 13.7. The van der Waals surface area contributed by atoms with Gasteiger partial charge in [-0.3, -0.25) is 8.82 Å². The molecule has 158 valence electrons. The number of hydrogen-bond donors (Lipinski definition) is 0. The standard InChI is InChI=1S/C22H30ClNO3SSi/c1-21(2,3)29(18-13-9-7-10-14-18,19-15-11-8-12-16-19)24-28(23,26)17-22(4,5)20(25)27-6/h7-16H,17H2,1-6H3. The smallest absolute Gasteiger partial charge is 0.312 e. The Morgan fingerprint density at radius 1 is 0.966 bits per heavy atom. The molecule has 0 spiro atoms. The van der Waals surface area contributed by atoms with Gasteiger partial charge >= 0.3 is 5.97 Å². The first-order valence-corrected chi connectivity index (χ1v) is 14.0. The maximum atomic E-state index is 13.7. The Hall–Kier alpha value is -1.63. The van der Waals surface area contributed by atoms with Crippen LogP contribution in [0.15, 0.2) is 64.7 Å². The van der Waals surface area contributed by atoms with E-state index in [1.54, 1.807) is 13.8 Å². The average Bonchev–Trinajstić information content (AvgIpc) is 2.65. The van der Waals surface area contributed by atoms with Gasteiger partial charge in [-0.05, 0) is 39.9 Å². The van der Waals surface area contributed by atoms with Gasteiger partial charge in [0.15, 0.2) is 0 Å². The molecule has 0 aliphatic carbocycles. The van der Waals surface area contributed by atoms with E-state index in [0.717, 1.165) is 10.4 Å². The van der Waals surface area contributed by atoms with Crippen LogP contribution in [0.1, 0.15) is 34.6 Å². The number of benzene rings is 2. The molecule has 0 aromatic heterocycles. The van der Waals surface area contributed by atoms with Crippen LogP contribution in [0.3, 0.4) is 0 Å². The minimum Gasteiger partial charge on any atom is -0.469 e. The van der Waals surface area contributed by atoms with Gasteiger partial charge in [-0.1, -0.05) is 81.4 Å². The van der Waals surface area contributed by atoms with Crippen LogP contribution in [0.2, 0.25) is 5.04 Å². The SMILES string of the molecule is COC(=O)C(C)(C)CS(=O)(Cl)=N[Si](c1ccccc1)(c1ccccc1)C(C)(C)C. The van der Waals surface area contributed by atoms with Gasteiger partial charge in [0.2, 0.25) is 0 Å². The van der Waals surface area contributed by atoms with Crippen molar-refractivity contribution in [2.45, 2.75) is 39.7 Å². The Morgan fingerprint density at radius 3 is 1.72 bits per heavy atom. The molecule has 0 radical (unpaired) electrons. The van der Waals surface area contributed by atoms with Gasteiger partial charge in [-0.15, -0.1) is 0 Å². The first-order chi connectivity index (χ1) is 13.4. The first kappa shape index (κ1) is 23.6. The largest absolute Gasteiger partial charge is 0.469 e. The number of nitrogens with zero attached hydrogens (tertiary/aromatic N) is 1. The molecule has 0 saturated carbocycles. The molecule has 2 aromatic carbocycles. The lowest BCUT2D eigenvalue weighted by molar-refractivity contribution is -0.149. The molecule has 0 aliphatic heterocycles. The van der Waals surface area contributed by atoms with Crippen molar-refractivity contribution in [2.24, 2.45) is 9.44 Å². The molecule has 2 rings (SSSR count). The first-order valence-electron chi connectivity index (χ1n) is 9.51. The van der Waals surface area contributed by atoms with Crippen LogP contribution in [-0.4, -0.2) is 31.3 Å². The van der Waals surface area contributed by atoms with Gasteiger partial charge in [0, 0.05) is 0 Å². The third-order valence-corrected chi connectivity index (χ3v) is 13.7. The number of rotatable bonds is 6. The summed E-state index contributed by atoms with van der Waals surface area (Å²) in [5.41, 5.74) is -1.01. The second-order valence-corrected chi connectivity index (χ2v) is 16.5. The summed E-state index contributed by atoms with van der Waals surface area (Å²) in [6.07, 6.45) is 0. The molecule has 1 atom stereocenters. The lowest BCUT2D eigenvalue weighted by atomic mass is 9.97. The fraction of sp³-hybridized carbons (Fsp3) is 0.409. The third kappa shape index (κ3) is 5.11. The molecular weight excluding hydrogens is 422 g/mol. The van der Waals surface area contributed by atoms with Crippen LogP contribution in [0.4, 0.5) is 0 Å². The van der Waals surface area contributed by atoms with Gasteiger partial charge in [0.1, 0.15) is 8.94 Å². The van der Waals surface area contributed by atoms with Crippen molar-refractivity contribution in [3.05, 3.63) is 60.7 Å². The molecule has 2 aromatic rings. The predicted molar refractivity (Wildman–Crippen MR) is 125 cm³/mol. The van der Waals surface area contributed by atoms with Gasteiger partial charge in [-0.2, -0.15) is 0 Å². The van der Waals surface area contributed by atoms with Crippen molar-refractivity contribution in [3.63, 3.8) is 0 Å². The van der Waals surface area contributed by atoms with E-state index in [2.05, 4.69) is 20.8 Å². The fourth-order valence-corrected chi connectivity index (χ4v) is 13.7. The molecule has 29 heavy (non-hydrogen) atoms. The molecule has 0 aliphatic rings. The summed E-state index contributed by atoms with van der Waals surface area (Å²) in [6, 6.07) is 19.9. The maximum Gasteiger partial charge on any atom is 0.312 e. The Morgan fingerprint density at radius 2 is 1.38 bits per heavy atom. The zero-order valence-corrected chi connectivity index (χ0v) is 20.5. The quantitative estimate of drug-likeness (QED) is 0.372. The monoisotopic (exact) mass is 451 g/mol. The highest BCUT2D eigenvalue weighted by molar-refractivity contribution is 8.16. The summed E-state index contributed by atoms with van der Waals surface area (Å²) < 4.78 is 23.5. The Labute approximate surface area is 180 Å². The highest BCUT2D eigenvalue weighted by Crippen LogP contribution is 2.39. The Balaban J connectivity index is 2.82. The number of methoxy groups -OCH3 is 1. The lowest BCUT2D eigenvalue weighted by Crippen LogP contribution is -2.63. The normalized spacial score (nSPS) is 14.7. The summed E-state index contributed by atoms with van der Waals surface area (Å²) in [5.74, 6) is -0.540. The van der Waals surface area contributed by atoms with Crippen molar-refractivity contribution in [2.75, 3.05) is 12.9 Å². The average molecular weight is 452 g/mol. The van der Waals surface area contributed by atoms with Crippen LogP contribution in [0.25, 0.3) is 0 Å². The number of esters is 1. The third-order valence-electron chi connectivity index (χ3n) is 5.02. The molecule has 0 bridgehead atoms. The summed E-state index contributed by atoms with van der Waals surface area (Å²) in [4.78, 5) is 12.2. The van der Waals surface area contributed by atoms with E-state index in [0.29, 0.717) is 0 Å². The molecule has 0 amide bonds. The minimum absolute atomic E-state index is 0.0846. The second-order valence-electron chi connectivity index (χ2n) is 8.87. The van der Waals surface area contributed by atoms with E-state index >= 15 is 0 Å². The number of carbonyl (C=O) groups excluding carboxylic acids is 1. The Bertz CT molecular complexity index is 923. The zero-order chi connectivity index (χ0) is 21.9. The highest BCUT2D eigenvalue weighted by atomic mass is 35.7. The zero-order valence-electron chi connectivity index (χ0n) is 17.9. The molecule has 0 N–H and O–H groups in total. The summed E-state index contributed by atoms with van der Waals surface area (Å²) in [7, 11) is 1.73. The summed E-state index contributed by atoms with van der Waals surface area (Å²) in [5, 5.41) is 1.74. The number of ether oxygens (including phenoxy) is 1. The summed E-state index contributed by atoms with van der Waals surface area (Å²) in [6.45, 7) is 9.70. The van der Waals surface area contributed by atoms with E-state index in [-0.39, 0.29) is 10.8 Å². The molecule has 0 fully saturated rings. The molecule has 0 saturated heterocycles. The van der Waals surface area contributed by atoms with E-state index in [1.807, 2.05) is 60.7 Å². The van der Waals surface area contributed by atoms with Crippen molar-refractivity contribution in [1.82, 2.24) is 0 Å². The number of hydrogen-bond acceptors (Lipinski definition) is 4. The van der Waals surface area contributed by atoms with E-state index in [9.17, 15) is 9.00 Å². The topological polar surface area (TPSA) is 55.7 Å². The van der Waals surface area contributed by atoms with Crippen molar-refractivity contribution < 1.29 is 13.7 Å². The summed E-state index contributed by atoms with van der Waals surface area (Å²) >= 11 is 0. The fourth-order valence-electron chi connectivity index (χ4n) is 3.65.